The summed E-state index contributed by atoms with van der Waals surface area (Å²) in [5, 5.41) is 10.2. The minimum Gasteiger partial charge on any atom is -0.412 e. The number of carbonyl (C=O) groups excluding carboxylic acids is 1. The van der Waals surface area contributed by atoms with E-state index in [1.807, 2.05) is 24.3 Å². The zero-order valence-electron chi connectivity index (χ0n) is 17.5. The van der Waals surface area contributed by atoms with E-state index in [0.717, 1.165) is 56.2 Å². The van der Waals surface area contributed by atoms with Gasteiger partial charge in [-0.25, -0.2) is 0 Å². The van der Waals surface area contributed by atoms with Crippen LogP contribution in [-0.4, -0.2) is 27.5 Å². The van der Waals surface area contributed by atoms with E-state index in [-0.39, 0.29) is 22.4 Å². The summed E-state index contributed by atoms with van der Waals surface area (Å²) in [4.78, 5) is 17.8. The number of rotatable bonds is 1. The second kappa shape index (κ2) is 7.17. The molecule has 0 radical (unpaired) electrons. The van der Waals surface area contributed by atoms with Crippen molar-refractivity contribution in [3.05, 3.63) is 47.3 Å². The number of aliphatic hydroxyl groups excluding tert-OH is 1. The molecule has 1 aromatic rings. The van der Waals surface area contributed by atoms with Gasteiger partial charge >= 0.3 is 0 Å². The third kappa shape index (κ3) is 3.03. The maximum Gasteiger partial charge on any atom is 0.165 e. The van der Waals surface area contributed by atoms with E-state index < -0.39 is 0 Å². The van der Waals surface area contributed by atoms with Crippen molar-refractivity contribution in [3.63, 3.8) is 0 Å². The van der Waals surface area contributed by atoms with Gasteiger partial charge in [0.15, 0.2) is 5.78 Å². The lowest BCUT2D eigenvalue weighted by Crippen LogP contribution is -2.50. The molecule has 1 aromatic heterocycles. The van der Waals surface area contributed by atoms with Crippen molar-refractivity contribution >= 4 is 11.9 Å². The molecule has 4 aliphatic carbocycles. The Morgan fingerprint density at radius 2 is 1.90 bits per heavy atom. The highest BCUT2D eigenvalue weighted by molar-refractivity contribution is 6.05. The molecule has 6 atom stereocenters. The van der Waals surface area contributed by atoms with Crippen LogP contribution >= 0.6 is 0 Å². The maximum absolute atomic E-state index is 13.4. The van der Waals surface area contributed by atoms with Crippen molar-refractivity contribution < 1.29 is 15.4 Å². The normalized spacial score (nSPS) is 42.4. The quantitative estimate of drug-likeness (QED) is 0.573. The third-order valence-electron chi connectivity index (χ3n) is 8.73. The van der Waals surface area contributed by atoms with Crippen LogP contribution in [0, 0.1) is 28.6 Å². The molecule has 0 spiro atoms. The molecule has 3 N–H and O–H groups in total. The first-order chi connectivity index (χ1) is 13.4. The van der Waals surface area contributed by atoms with Gasteiger partial charge in [0.05, 0.1) is 11.8 Å². The fourth-order valence-electron chi connectivity index (χ4n) is 7.08. The lowest BCUT2D eigenvalue weighted by Gasteiger charge is -2.56. The van der Waals surface area contributed by atoms with E-state index in [1.54, 1.807) is 6.20 Å². The molecule has 156 valence electrons. The first kappa shape index (κ1) is 20.5. The van der Waals surface area contributed by atoms with E-state index in [0.29, 0.717) is 23.5 Å². The van der Waals surface area contributed by atoms with Gasteiger partial charge in [-0.15, -0.1) is 0 Å². The fourth-order valence-corrected chi connectivity index (χ4v) is 7.08. The summed E-state index contributed by atoms with van der Waals surface area (Å²) >= 11 is 0. The summed E-state index contributed by atoms with van der Waals surface area (Å²) in [5.41, 5.74) is 3.37. The second-order valence-corrected chi connectivity index (χ2v) is 10.1. The van der Waals surface area contributed by atoms with Crippen LogP contribution in [0.3, 0.4) is 0 Å². The molecule has 0 saturated heterocycles. The summed E-state index contributed by atoms with van der Waals surface area (Å²) in [6.45, 7) is 4.66. The van der Waals surface area contributed by atoms with Gasteiger partial charge in [0.25, 0.3) is 0 Å². The summed E-state index contributed by atoms with van der Waals surface area (Å²) in [7, 11) is 0. The van der Waals surface area contributed by atoms with E-state index >= 15 is 0 Å². The van der Waals surface area contributed by atoms with E-state index in [9.17, 15) is 9.90 Å². The smallest absolute Gasteiger partial charge is 0.165 e. The Balaban J connectivity index is 0.00000205. The molecular formula is C25H33NO3. The molecule has 0 unspecified atom stereocenters. The highest BCUT2D eigenvalue weighted by atomic mass is 16.3. The van der Waals surface area contributed by atoms with E-state index in [2.05, 4.69) is 24.9 Å². The number of carbonyl (C=O) groups is 1. The summed E-state index contributed by atoms with van der Waals surface area (Å²) in [6.07, 6.45) is 13.1. The SMILES string of the molecule is C[C@]12CC[C@H](O)CC1=CC[C@@H]1[C@@H]2CC[C@]2(C)C(=O)C(=Cc3ccccn3)C[C@@H]12.O. The molecular weight excluding hydrogens is 362 g/mol. The molecule has 5 rings (SSSR count). The molecule has 3 fully saturated rings. The zero-order valence-corrected chi connectivity index (χ0v) is 17.5. The molecule has 29 heavy (non-hydrogen) atoms. The van der Waals surface area contributed by atoms with Crippen LogP contribution in [0.2, 0.25) is 0 Å². The minimum absolute atomic E-state index is 0. The van der Waals surface area contributed by atoms with Gasteiger partial charge < -0.3 is 10.6 Å². The number of fused-ring (bicyclic) bond motifs is 5. The number of Topliss-reactive ketones (excluding diaryl/α,β-unsaturated/α-hetero) is 1. The van der Waals surface area contributed by atoms with Gasteiger partial charge in [0, 0.05) is 11.6 Å². The summed E-state index contributed by atoms with van der Waals surface area (Å²) < 4.78 is 0. The number of ketones is 1. The largest absolute Gasteiger partial charge is 0.412 e. The lowest BCUT2D eigenvalue weighted by molar-refractivity contribution is -0.130. The average molecular weight is 396 g/mol. The van der Waals surface area contributed by atoms with Crippen LogP contribution < -0.4 is 0 Å². The Labute approximate surface area is 173 Å². The first-order valence-electron chi connectivity index (χ1n) is 11.0. The molecule has 0 aromatic carbocycles. The molecule has 0 amide bonds. The van der Waals surface area contributed by atoms with E-state index in [4.69, 9.17) is 0 Å². The molecule has 0 aliphatic heterocycles. The van der Waals surface area contributed by atoms with Gasteiger partial charge in [0.2, 0.25) is 0 Å². The highest BCUT2D eigenvalue weighted by Gasteiger charge is 2.59. The highest BCUT2D eigenvalue weighted by Crippen LogP contribution is 2.64. The summed E-state index contributed by atoms with van der Waals surface area (Å²) in [6, 6.07) is 5.88. The van der Waals surface area contributed by atoms with Crippen molar-refractivity contribution in [2.45, 2.75) is 64.9 Å². The predicted octanol–water partition coefficient (Wildman–Crippen LogP) is 4.14. The average Bonchev–Trinajstić information content (AvgIpc) is 2.94. The van der Waals surface area contributed by atoms with Crippen LogP contribution in [0.1, 0.15) is 64.5 Å². The second-order valence-electron chi connectivity index (χ2n) is 10.1. The zero-order chi connectivity index (χ0) is 19.5. The predicted molar refractivity (Wildman–Crippen MR) is 114 cm³/mol. The van der Waals surface area contributed by atoms with Gasteiger partial charge in [0.1, 0.15) is 0 Å². The topological polar surface area (TPSA) is 81.7 Å². The minimum atomic E-state index is -0.211. The first-order valence-corrected chi connectivity index (χ1v) is 11.0. The molecule has 3 saturated carbocycles. The van der Waals surface area contributed by atoms with Crippen molar-refractivity contribution in [3.8, 4) is 0 Å². The molecule has 1 heterocycles. The number of nitrogens with zero attached hydrogens (tertiary/aromatic N) is 1. The Kier molecular flexibility index (Phi) is 5.07. The fraction of sp³-hybridized carbons (Fsp3) is 0.600. The van der Waals surface area contributed by atoms with Crippen molar-refractivity contribution in [2.75, 3.05) is 0 Å². The maximum atomic E-state index is 13.4. The van der Waals surface area contributed by atoms with Gasteiger partial charge in [-0.1, -0.05) is 31.6 Å². The number of pyridine rings is 1. The molecule has 0 bridgehead atoms. The van der Waals surface area contributed by atoms with Gasteiger partial charge in [-0.3, -0.25) is 9.78 Å². The van der Waals surface area contributed by atoms with Crippen molar-refractivity contribution in [2.24, 2.45) is 28.6 Å². The Bertz CT molecular complexity index is 860. The number of hydrogen-bond donors (Lipinski definition) is 1. The van der Waals surface area contributed by atoms with E-state index in [1.165, 1.54) is 5.57 Å². The van der Waals surface area contributed by atoms with Crippen molar-refractivity contribution in [1.29, 1.82) is 0 Å². The number of aromatic nitrogens is 1. The number of allylic oxidation sites excluding steroid dienone is 2. The lowest BCUT2D eigenvalue weighted by atomic mass is 9.48. The standard InChI is InChI=1S/C25H31NO2.H2O/c1-24-10-8-19(27)15-17(24)6-7-20-21(24)9-11-25(2)22(20)14-16(23(25)28)13-18-5-3-4-12-26-18;/h3-6,12-13,19-22,27H,7-11,14-15H2,1-2H3;1H2/t19-,20+,21-,22-,24-,25-;/m0./s1. The Morgan fingerprint density at radius 3 is 2.66 bits per heavy atom. The molecule has 4 nitrogen and oxygen atoms in total. The van der Waals surface area contributed by atoms with Crippen LogP contribution in [0.25, 0.3) is 6.08 Å². The van der Waals surface area contributed by atoms with Crippen molar-refractivity contribution in [1.82, 2.24) is 4.98 Å². The molecule has 4 aliphatic rings. The summed E-state index contributed by atoms with van der Waals surface area (Å²) in [5.74, 6) is 2.04. The Morgan fingerprint density at radius 1 is 1.10 bits per heavy atom. The Hall–Kier alpha value is -1.78. The van der Waals surface area contributed by atoms with Crippen LogP contribution in [0.5, 0.6) is 0 Å². The number of hydrogen-bond acceptors (Lipinski definition) is 3. The van der Waals surface area contributed by atoms with Crippen LogP contribution in [-0.2, 0) is 4.79 Å². The van der Waals surface area contributed by atoms with Gasteiger partial charge in [-0.2, -0.15) is 0 Å². The van der Waals surface area contributed by atoms with Crippen LogP contribution in [0.15, 0.2) is 41.6 Å². The monoisotopic (exact) mass is 395 g/mol. The van der Waals surface area contributed by atoms with Crippen LogP contribution in [0.4, 0.5) is 0 Å². The van der Waals surface area contributed by atoms with Gasteiger partial charge in [-0.05, 0) is 91.9 Å². The third-order valence-corrected chi connectivity index (χ3v) is 8.73. The molecule has 4 heteroatoms. The number of aliphatic hydroxyl groups is 1.